The normalized spacial score (nSPS) is 10.1. The van der Waals surface area contributed by atoms with Crippen LogP contribution in [-0.4, -0.2) is 24.0 Å². The minimum Gasteiger partial charge on any atom is -0.437 e. The number of hydrogen-bond acceptors (Lipinski definition) is 7. The summed E-state index contributed by atoms with van der Waals surface area (Å²) in [4.78, 5) is 32.9. The summed E-state index contributed by atoms with van der Waals surface area (Å²) in [6.45, 7) is 0. The fraction of sp³-hybridized carbons (Fsp3) is 0.0769. The van der Waals surface area contributed by atoms with Gasteiger partial charge in [-0.2, -0.15) is 0 Å². The number of ether oxygens (including phenoxy) is 2. The molecular formula is C13H8FNO7. The molecule has 0 N–H and O–H groups in total. The molecule has 0 aliphatic heterocycles. The zero-order valence-corrected chi connectivity index (χ0v) is 11.1. The lowest BCUT2D eigenvalue weighted by Gasteiger charge is -2.00. The lowest BCUT2D eigenvalue weighted by molar-refractivity contribution is -0.384. The zero-order chi connectivity index (χ0) is 16.3. The van der Waals surface area contributed by atoms with E-state index in [1.165, 1.54) is 0 Å². The highest BCUT2D eigenvalue weighted by atomic mass is 19.1. The molecule has 22 heavy (non-hydrogen) atoms. The maximum Gasteiger partial charge on any atom is 0.516 e. The van der Waals surface area contributed by atoms with E-state index in [4.69, 9.17) is 4.42 Å². The first kappa shape index (κ1) is 15.2. The molecule has 2 rings (SSSR count). The summed E-state index contributed by atoms with van der Waals surface area (Å²) in [6.07, 6.45) is -1.06. The predicted octanol–water partition coefficient (Wildman–Crippen LogP) is 2.70. The zero-order valence-electron chi connectivity index (χ0n) is 11.1. The van der Waals surface area contributed by atoms with Gasteiger partial charge in [-0.1, -0.05) is 0 Å². The van der Waals surface area contributed by atoms with Gasteiger partial charge in [-0.15, -0.1) is 0 Å². The molecule has 1 aromatic heterocycles. The average molecular weight is 309 g/mol. The Morgan fingerprint density at radius 3 is 2.64 bits per heavy atom. The van der Waals surface area contributed by atoms with Gasteiger partial charge in [-0.25, -0.2) is 9.18 Å². The largest absolute Gasteiger partial charge is 0.516 e. The number of carbonyl (C=O) groups excluding carboxylic acids is 2. The number of benzene rings is 1. The van der Waals surface area contributed by atoms with Crippen LogP contribution in [0.4, 0.5) is 14.9 Å². The van der Waals surface area contributed by atoms with E-state index >= 15 is 0 Å². The molecule has 1 heterocycles. The number of nitro groups is 1. The number of hydrogen-bond donors (Lipinski definition) is 0. The van der Waals surface area contributed by atoms with Gasteiger partial charge in [0, 0.05) is 18.2 Å². The van der Waals surface area contributed by atoms with Gasteiger partial charge < -0.3 is 13.9 Å². The van der Waals surface area contributed by atoms with Crippen LogP contribution in [-0.2, 0) is 4.74 Å². The molecule has 1 aromatic carbocycles. The Bertz CT molecular complexity index is 753. The second-order valence-electron chi connectivity index (χ2n) is 3.93. The topological polar surface area (TPSA) is 109 Å². The second-order valence-corrected chi connectivity index (χ2v) is 3.93. The Labute approximate surface area is 122 Å². The van der Waals surface area contributed by atoms with Crippen LogP contribution in [0.25, 0.3) is 0 Å². The molecule has 0 bridgehead atoms. The van der Waals surface area contributed by atoms with E-state index in [-0.39, 0.29) is 11.7 Å². The van der Waals surface area contributed by atoms with E-state index in [0.717, 1.165) is 37.4 Å². The van der Waals surface area contributed by atoms with Crippen LogP contribution in [0.5, 0.6) is 5.95 Å². The minimum absolute atomic E-state index is 0.332. The first-order valence-electron chi connectivity index (χ1n) is 5.76. The predicted molar refractivity (Wildman–Crippen MR) is 68.2 cm³/mol. The first-order valence-corrected chi connectivity index (χ1v) is 5.76. The van der Waals surface area contributed by atoms with Gasteiger partial charge in [0.25, 0.3) is 11.6 Å². The van der Waals surface area contributed by atoms with Gasteiger partial charge >= 0.3 is 6.16 Å². The molecule has 0 radical (unpaired) electrons. The molecule has 0 amide bonds. The van der Waals surface area contributed by atoms with Crippen LogP contribution in [0.3, 0.4) is 0 Å². The van der Waals surface area contributed by atoms with Crippen molar-refractivity contribution in [2.45, 2.75) is 0 Å². The standard InChI is InChI=1S/C13H8FNO7/c1-20-13(17)22-11-5-4-10(21-11)12(16)8-6-7(15(18)19)2-3-9(8)14/h2-6H,1H3. The molecule has 0 aliphatic carbocycles. The summed E-state index contributed by atoms with van der Waals surface area (Å²) in [5.41, 5.74) is -0.976. The third-order valence-corrected chi connectivity index (χ3v) is 2.56. The van der Waals surface area contributed by atoms with Crippen LogP contribution in [0, 0.1) is 15.9 Å². The summed E-state index contributed by atoms with van der Waals surface area (Å²) >= 11 is 0. The van der Waals surface area contributed by atoms with Crippen molar-refractivity contribution >= 4 is 17.6 Å². The Balaban J connectivity index is 2.30. The van der Waals surface area contributed by atoms with Crippen LogP contribution in [0.1, 0.15) is 16.1 Å². The van der Waals surface area contributed by atoms with E-state index in [2.05, 4.69) is 9.47 Å². The van der Waals surface area contributed by atoms with Gasteiger partial charge in [0.05, 0.1) is 17.6 Å². The van der Waals surface area contributed by atoms with Crippen molar-refractivity contribution in [1.29, 1.82) is 0 Å². The number of nitro benzene ring substituents is 1. The summed E-state index contributed by atoms with van der Waals surface area (Å²) < 4.78 is 27.3. The number of halogens is 1. The molecule has 114 valence electrons. The van der Waals surface area contributed by atoms with Gasteiger partial charge in [0.2, 0.25) is 5.78 Å². The van der Waals surface area contributed by atoms with E-state index in [9.17, 15) is 24.1 Å². The van der Waals surface area contributed by atoms with Crippen molar-refractivity contribution < 1.29 is 32.8 Å². The number of carbonyl (C=O) groups is 2. The van der Waals surface area contributed by atoms with Crippen LogP contribution in [0.2, 0.25) is 0 Å². The Hall–Kier alpha value is -3.23. The van der Waals surface area contributed by atoms with Crippen molar-refractivity contribution in [3.05, 3.63) is 57.6 Å². The third kappa shape index (κ3) is 3.08. The molecule has 9 heteroatoms. The smallest absolute Gasteiger partial charge is 0.437 e. The molecule has 0 aliphatic rings. The minimum atomic E-state index is -1.06. The van der Waals surface area contributed by atoms with E-state index < -0.39 is 33.9 Å². The highest BCUT2D eigenvalue weighted by molar-refractivity contribution is 6.07. The van der Waals surface area contributed by atoms with Gasteiger partial charge in [0.1, 0.15) is 5.82 Å². The van der Waals surface area contributed by atoms with Crippen molar-refractivity contribution in [3.8, 4) is 5.95 Å². The third-order valence-electron chi connectivity index (χ3n) is 2.56. The Morgan fingerprint density at radius 2 is 2.00 bits per heavy atom. The number of nitrogens with zero attached hydrogens (tertiary/aromatic N) is 1. The second kappa shape index (κ2) is 6.04. The number of non-ortho nitro benzene ring substituents is 1. The number of methoxy groups -OCH3 is 1. The van der Waals surface area contributed by atoms with Crippen molar-refractivity contribution in [2.75, 3.05) is 7.11 Å². The fourth-order valence-electron chi connectivity index (χ4n) is 1.55. The van der Waals surface area contributed by atoms with Crippen molar-refractivity contribution in [3.63, 3.8) is 0 Å². The molecule has 0 atom stereocenters. The molecule has 0 saturated heterocycles. The van der Waals surface area contributed by atoms with E-state index in [1.54, 1.807) is 0 Å². The summed E-state index contributed by atoms with van der Waals surface area (Å²) in [7, 11) is 1.08. The highest BCUT2D eigenvalue weighted by Crippen LogP contribution is 2.23. The van der Waals surface area contributed by atoms with E-state index in [0.29, 0.717) is 0 Å². The maximum absolute atomic E-state index is 13.7. The first-order chi connectivity index (χ1) is 10.4. The van der Waals surface area contributed by atoms with Crippen molar-refractivity contribution in [1.82, 2.24) is 0 Å². The molecule has 0 unspecified atom stereocenters. The van der Waals surface area contributed by atoms with Crippen LogP contribution >= 0.6 is 0 Å². The number of rotatable bonds is 4. The summed E-state index contributed by atoms with van der Waals surface area (Å²) in [6, 6.07) is 4.82. The van der Waals surface area contributed by atoms with E-state index in [1.807, 2.05) is 0 Å². The average Bonchev–Trinajstić information content (AvgIpc) is 2.95. The molecule has 0 spiro atoms. The molecule has 2 aromatic rings. The number of furan rings is 1. The summed E-state index contributed by atoms with van der Waals surface area (Å²) in [5.74, 6) is -2.55. The quantitative estimate of drug-likeness (QED) is 0.369. The highest BCUT2D eigenvalue weighted by Gasteiger charge is 2.22. The lowest BCUT2D eigenvalue weighted by atomic mass is 10.1. The van der Waals surface area contributed by atoms with Gasteiger partial charge in [-0.3, -0.25) is 14.9 Å². The molecule has 0 fully saturated rings. The maximum atomic E-state index is 13.7. The lowest BCUT2D eigenvalue weighted by Crippen LogP contribution is -2.07. The SMILES string of the molecule is COC(=O)Oc1ccc(C(=O)c2cc([N+](=O)[O-])ccc2F)o1. The molecule has 0 saturated carbocycles. The molecule has 8 nitrogen and oxygen atoms in total. The molecular weight excluding hydrogens is 301 g/mol. The van der Waals surface area contributed by atoms with Gasteiger partial charge in [-0.05, 0) is 12.1 Å². The van der Waals surface area contributed by atoms with Crippen LogP contribution < -0.4 is 4.74 Å². The van der Waals surface area contributed by atoms with Gasteiger partial charge in [0.15, 0.2) is 5.76 Å². The Morgan fingerprint density at radius 1 is 1.27 bits per heavy atom. The monoisotopic (exact) mass is 309 g/mol. The summed E-state index contributed by atoms with van der Waals surface area (Å²) in [5, 5.41) is 10.7. The van der Waals surface area contributed by atoms with Crippen molar-refractivity contribution in [2.24, 2.45) is 0 Å². The number of ketones is 1. The Kier molecular flexibility index (Phi) is 4.16. The fourth-order valence-corrected chi connectivity index (χ4v) is 1.55. The van der Waals surface area contributed by atoms with Crippen LogP contribution in [0.15, 0.2) is 34.7 Å².